The zero-order chi connectivity index (χ0) is 13.9. The molecule has 1 aliphatic carbocycles. The number of aryl methyl sites for hydroxylation is 1. The molecule has 0 aliphatic heterocycles. The van der Waals surface area contributed by atoms with Crippen LogP contribution in [0.4, 0.5) is 5.69 Å². The van der Waals surface area contributed by atoms with Gasteiger partial charge in [0.2, 0.25) is 0 Å². The first-order valence-electron chi connectivity index (χ1n) is 7.16. The third kappa shape index (κ3) is 3.07. The molecule has 0 atom stereocenters. The largest absolute Gasteiger partial charge is 0.381 e. The van der Waals surface area contributed by atoms with Crippen LogP contribution in [0.15, 0.2) is 41.3 Å². The molecule has 4 heteroatoms. The van der Waals surface area contributed by atoms with Gasteiger partial charge in [0.05, 0.1) is 18.4 Å². The monoisotopic (exact) mass is 269 g/mol. The minimum atomic E-state index is -0.0600. The molecule has 0 saturated heterocycles. The van der Waals surface area contributed by atoms with Crippen molar-refractivity contribution < 1.29 is 0 Å². The topological polar surface area (TPSA) is 46.9 Å². The Morgan fingerprint density at radius 3 is 2.55 bits per heavy atom. The average Bonchev–Trinajstić information content (AvgIpc) is 3.27. The van der Waals surface area contributed by atoms with Crippen molar-refractivity contribution in [2.75, 3.05) is 5.32 Å². The van der Waals surface area contributed by atoms with E-state index in [0.29, 0.717) is 12.6 Å². The first-order valence-corrected chi connectivity index (χ1v) is 7.16. The van der Waals surface area contributed by atoms with Gasteiger partial charge in [-0.15, -0.1) is 0 Å². The second-order valence-corrected chi connectivity index (χ2v) is 5.33. The van der Waals surface area contributed by atoms with Gasteiger partial charge in [-0.25, -0.2) is 4.68 Å². The SMILES string of the molecule is CCc1ccc(Cn2ncc(NC3CC3)cc2=O)cc1. The Morgan fingerprint density at radius 1 is 1.25 bits per heavy atom. The Morgan fingerprint density at radius 2 is 1.95 bits per heavy atom. The number of nitrogens with one attached hydrogen (secondary N) is 1. The van der Waals surface area contributed by atoms with Crippen LogP contribution in [0.5, 0.6) is 0 Å². The van der Waals surface area contributed by atoms with Gasteiger partial charge < -0.3 is 5.32 Å². The van der Waals surface area contributed by atoms with E-state index in [1.807, 2.05) is 0 Å². The van der Waals surface area contributed by atoms with Crippen LogP contribution >= 0.6 is 0 Å². The maximum atomic E-state index is 12.0. The molecule has 0 unspecified atom stereocenters. The van der Waals surface area contributed by atoms with Gasteiger partial charge in [0, 0.05) is 12.1 Å². The van der Waals surface area contributed by atoms with E-state index < -0.39 is 0 Å². The van der Waals surface area contributed by atoms with Gasteiger partial charge >= 0.3 is 0 Å². The summed E-state index contributed by atoms with van der Waals surface area (Å²) < 4.78 is 1.50. The molecule has 1 aromatic carbocycles. The molecule has 2 aromatic rings. The minimum absolute atomic E-state index is 0.0600. The van der Waals surface area contributed by atoms with Crippen LogP contribution in [0.2, 0.25) is 0 Å². The Bertz CT molecular complexity index is 642. The van der Waals surface area contributed by atoms with Crippen molar-refractivity contribution in [2.24, 2.45) is 0 Å². The number of nitrogens with zero attached hydrogens (tertiary/aromatic N) is 2. The summed E-state index contributed by atoms with van der Waals surface area (Å²) in [7, 11) is 0. The molecule has 1 aliphatic rings. The standard InChI is InChI=1S/C16H19N3O/c1-2-12-3-5-13(6-4-12)11-19-16(20)9-15(10-17-19)18-14-7-8-14/h3-6,9-10,14,18H,2,7-8,11H2,1H3. The molecule has 1 fully saturated rings. The lowest BCUT2D eigenvalue weighted by Crippen LogP contribution is -2.23. The average molecular weight is 269 g/mol. The fourth-order valence-corrected chi connectivity index (χ4v) is 2.15. The van der Waals surface area contributed by atoms with Crippen molar-refractivity contribution in [3.8, 4) is 0 Å². The molecule has 0 bridgehead atoms. The molecular weight excluding hydrogens is 250 g/mol. The summed E-state index contributed by atoms with van der Waals surface area (Å²) in [5, 5.41) is 7.53. The number of benzene rings is 1. The van der Waals surface area contributed by atoms with Crippen LogP contribution in [-0.4, -0.2) is 15.8 Å². The Balaban J connectivity index is 1.74. The molecule has 4 nitrogen and oxygen atoms in total. The summed E-state index contributed by atoms with van der Waals surface area (Å²) in [6, 6.07) is 10.5. The van der Waals surface area contributed by atoms with Crippen molar-refractivity contribution >= 4 is 5.69 Å². The number of hydrogen-bond donors (Lipinski definition) is 1. The van der Waals surface area contributed by atoms with Crippen LogP contribution in [0.3, 0.4) is 0 Å². The summed E-state index contributed by atoms with van der Waals surface area (Å²) in [5.74, 6) is 0. The lowest BCUT2D eigenvalue weighted by Gasteiger charge is -2.08. The van der Waals surface area contributed by atoms with Crippen LogP contribution in [0.1, 0.15) is 30.9 Å². The maximum absolute atomic E-state index is 12.0. The highest BCUT2D eigenvalue weighted by Gasteiger charge is 2.21. The Hall–Kier alpha value is -2.10. The first kappa shape index (κ1) is 12.9. The summed E-state index contributed by atoms with van der Waals surface area (Å²) >= 11 is 0. The van der Waals surface area contributed by atoms with E-state index in [0.717, 1.165) is 17.7 Å². The molecule has 3 rings (SSSR count). The zero-order valence-corrected chi connectivity index (χ0v) is 11.7. The third-order valence-electron chi connectivity index (χ3n) is 3.58. The number of rotatable bonds is 5. The van der Waals surface area contributed by atoms with E-state index in [4.69, 9.17) is 0 Å². The second kappa shape index (κ2) is 5.49. The molecule has 1 aromatic heterocycles. The number of anilines is 1. The van der Waals surface area contributed by atoms with Crippen molar-refractivity contribution in [1.82, 2.24) is 9.78 Å². The van der Waals surface area contributed by atoms with Crippen molar-refractivity contribution in [2.45, 2.75) is 38.8 Å². The predicted octanol–water partition coefficient (Wildman–Crippen LogP) is 2.43. The van der Waals surface area contributed by atoms with Crippen LogP contribution in [0, 0.1) is 0 Å². The van der Waals surface area contributed by atoms with E-state index >= 15 is 0 Å². The van der Waals surface area contributed by atoms with Crippen LogP contribution in [-0.2, 0) is 13.0 Å². The number of hydrogen-bond acceptors (Lipinski definition) is 3. The van der Waals surface area contributed by atoms with Crippen molar-refractivity contribution in [3.63, 3.8) is 0 Å². The Kier molecular flexibility index (Phi) is 3.54. The molecule has 0 amide bonds. The molecule has 1 N–H and O–H groups in total. The molecule has 1 heterocycles. The van der Waals surface area contributed by atoms with Gasteiger partial charge in [-0.1, -0.05) is 31.2 Å². The highest BCUT2D eigenvalue weighted by atomic mass is 16.1. The van der Waals surface area contributed by atoms with Gasteiger partial charge in [0.1, 0.15) is 0 Å². The lowest BCUT2D eigenvalue weighted by atomic mass is 10.1. The van der Waals surface area contributed by atoms with E-state index in [1.165, 1.54) is 23.1 Å². The fraction of sp³-hybridized carbons (Fsp3) is 0.375. The normalized spacial score (nSPS) is 14.2. The molecular formula is C16H19N3O. The molecule has 0 spiro atoms. The molecule has 0 radical (unpaired) electrons. The summed E-state index contributed by atoms with van der Waals surface area (Å²) in [6.45, 7) is 2.65. The van der Waals surface area contributed by atoms with Crippen LogP contribution in [0.25, 0.3) is 0 Å². The molecule has 20 heavy (non-hydrogen) atoms. The van der Waals surface area contributed by atoms with E-state index in [-0.39, 0.29) is 5.56 Å². The van der Waals surface area contributed by atoms with Crippen molar-refractivity contribution in [3.05, 3.63) is 58.0 Å². The highest BCUT2D eigenvalue weighted by Crippen LogP contribution is 2.23. The molecule has 104 valence electrons. The zero-order valence-electron chi connectivity index (χ0n) is 11.7. The summed E-state index contributed by atoms with van der Waals surface area (Å²) in [6.07, 6.45) is 5.14. The number of aromatic nitrogens is 2. The van der Waals surface area contributed by atoms with Gasteiger partial charge in [0.25, 0.3) is 5.56 Å². The maximum Gasteiger partial charge on any atom is 0.269 e. The third-order valence-corrected chi connectivity index (χ3v) is 3.58. The van der Waals surface area contributed by atoms with Gasteiger partial charge in [-0.05, 0) is 30.4 Å². The molecule has 1 saturated carbocycles. The van der Waals surface area contributed by atoms with Gasteiger partial charge in [0.15, 0.2) is 0 Å². The highest BCUT2D eigenvalue weighted by molar-refractivity contribution is 5.41. The van der Waals surface area contributed by atoms with Gasteiger partial charge in [-0.3, -0.25) is 4.79 Å². The van der Waals surface area contributed by atoms with E-state index in [1.54, 1.807) is 12.3 Å². The van der Waals surface area contributed by atoms with Crippen LogP contribution < -0.4 is 10.9 Å². The smallest absolute Gasteiger partial charge is 0.269 e. The van der Waals surface area contributed by atoms with E-state index in [9.17, 15) is 4.79 Å². The lowest BCUT2D eigenvalue weighted by molar-refractivity contribution is 0.639. The predicted molar refractivity (Wildman–Crippen MR) is 80.1 cm³/mol. The quantitative estimate of drug-likeness (QED) is 0.907. The second-order valence-electron chi connectivity index (χ2n) is 5.33. The summed E-state index contributed by atoms with van der Waals surface area (Å²) in [5.41, 5.74) is 3.17. The van der Waals surface area contributed by atoms with E-state index in [2.05, 4.69) is 41.6 Å². The Labute approximate surface area is 118 Å². The fourth-order valence-electron chi connectivity index (χ4n) is 2.15. The van der Waals surface area contributed by atoms with Crippen molar-refractivity contribution in [1.29, 1.82) is 0 Å². The first-order chi connectivity index (χ1) is 9.74. The minimum Gasteiger partial charge on any atom is -0.381 e. The van der Waals surface area contributed by atoms with Gasteiger partial charge in [-0.2, -0.15) is 5.10 Å². The summed E-state index contributed by atoms with van der Waals surface area (Å²) in [4.78, 5) is 12.0.